The smallest absolute Gasteiger partial charge is 0.234 e. The monoisotopic (exact) mass is 327 g/mol. The molecular formula is C18H25N5O. The van der Waals surface area contributed by atoms with Gasteiger partial charge in [-0.15, -0.1) is 0 Å². The fourth-order valence-corrected chi connectivity index (χ4v) is 2.86. The lowest BCUT2D eigenvalue weighted by molar-refractivity contribution is -0.122. The number of carbonyl (C=O) groups excluding carboxylic acids is 1. The van der Waals surface area contributed by atoms with Crippen LogP contribution in [0.3, 0.4) is 0 Å². The average molecular weight is 327 g/mol. The molecule has 1 N–H and O–H groups in total. The first-order valence-electron chi connectivity index (χ1n) is 8.64. The summed E-state index contributed by atoms with van der Waals surface area (Å²) in [6, 6.07) is 8.15. The number of hydrogen-bond donors (Lipinski definition) is 1. The molecule has 1 amide bonds. The molecule has 1 aromatic carbocycles. The van der Waals surface area contributed by atoms with E-state index in [1.807, 2.05) is 37.4 Å². The predicted molar refractivity (Wildman–Crippen MR) is 96.1 cm³/mol. The highest BCUT2D eigenvalue weighted by Gasteiger charge is 2.20. The van der Waals surface area contributed by atoms with E-state index in [0.29, 0.717) is 6.54 Å². The fraction of sp³-hybridized carbons (Fsp3) is 0.500. The molecule has 24 heavy (non-hydrogen) atoms. The van der Waals surface area contributed by atoms with Crippen LogP contribution in [-0.4, -0.2) is 59.5 Å². The van der Waals surface area contributed by atoms with E-state index in [1.165, 1.54) is 0 Å². The van der Waals surface area contributed by atoms with Gasteiger partial charge in [0.1, 0.15) is 5.82 Å². The van der Waals surface area contributed by atoms with Crippen molar-refractivity contribution in [3.05, 3.63) is 30.5 Å². The van der Waals surface area contributed by atoms with Crippen LogP contribution in [0.15, 0.2) is 30.5 Å². The Labute approximate surface area is 142 Å². The Morgan fingerprint density at radius 3 is 2.62 bits per heavy atom. The van der Waals surface area contributed by atoms with E-state index in [1.54, 1.807) is 0 Å². The highest BCUT2D eigenvalue weighted by atomic mass is 16.2. The highest BCUT2D eigenvalue weighted by Crippen LogP contribution is 2.16. The van der Waals surface area contributed by atoms with Gasteiger partial charge < -0.3 is 10.2 Å². The zero-order chi connectivity index (χ0) is 16.9. The third kappa shape index (κ3) is 4.00. The van der Waals surface area contributed by atoms with E-state index < -0.39 is 0 Å². The van der Waals surface area contributed by atoms with Crippen molar-refractivity contribution in [2.24, 2.45) is 0 Å². The van der Waals surface area contributed by atoms with Crippen molar-refractivity contribution in [2.75, 3.05) is 37.6 Å². The molecule has 2 aromatic rings. The molecule has 1 saturated heterocycles. The normalized spacial score (nSPS) is 17.0. The third-order valence-corrected chi connectivity index (χ3v) is 4.52. The summed E-state index contributed by atoms with van der Waals surface area (Å²) in [4.78, 5) is 25.6. The zero-order valence-corrected chi connectivity index (χ0v) is 14.4. The minimum absolute atomic E-state index is 0.114. The SMILES string of the molecule is CCC(C)NC(=O)CN1CCN(c2cnc3ccccc3n2)CC1. The second-order valence-electron chi connectivity index (χ2n) is 6.36. The first-order chi connectivity index (χ1) is 11.7. The van der Waals surface area contributed by atoms with Crippen LogP contribution >= 0.6 is 0 Å². The van der Waals surface area contributed by atoms with E-state index in [-0.39, 0.29) is 11.9 Å². The summed E-state index contributed by atoms with van der Waals surface area (Å²) in [7, 11) is 0. The number of rotatable bonds is 5. The van der Waals surface area contributed by atoms with Gasteiger partial charge in [0.15, 0.2) is 0 Å². The van der Waals surface area contributed by atoms with Crippen LogP contribution in [0, 0.1) is 0 Å². The number of benzene rings is 1. The molecule has 6 nitrogen and oxygen atoms in total. The predicted octanol–water partition coefficient (Wildman–Crippen LogP) is 1.67. The van der Waals surface area contributed by atoms with Gasteiger partial charge in [0.2, 0.25) is 5.91 Å². The molecular weight excluding hydrogens is 302 g/mol. The molecule has 3 rings (SSSR count). The lowest BCUT2D eigenvalue weighted by Gasteiger charge is -2.35. The maximum atomic E-state index is 12.0. The summed E-state index contributed by atoms with van der Waals surface area (Å²) in [5.41, 5.74) is 1.84. The number of hydrogen-bond acceptors (Lipinski definition) is 5. The molecule has 0 bridgehead atoms. The molecule has 2 heterocycles. The van der Waals surface area contributed by atoms with Crippen molar-refractivity contribution in [3.63, 3.8) is 0 Å². The molecule has 1 fully saturated rings. The van der Waals surface area contributed by atoms with Crippen molar-refractivity contribution in [3.8, 4) is 0 Å². The van der Waals surface area contributed by atoms with Gasteiger partial charge in [0.25, 0.3) is 0 Å². The number of aromatic nitrogens is 2. The van der Waals surface area contributed by atoms with Crippen LogP contribution in [0.5, 0.6) is 0 Å². The summed E-state index contributed by atoms with van der Waals surface area (Å²) < 4.78 is 0. The summed E-state index contributed by atoms with van der Waals surface area (Å²) in [5, 5.41) is 3.02. The molecule has 1 aromatic heterocycles. The van der Waals surface area contributed by atoms with Crippen LogP contribution < -0.4 is 10.2 Å². The largest absolute Gasteiger partial charge is 0.353 e. The molecule has 0 radical (unpaired) electrons. The number of nitrogens with zero attached hydrogens (tertiary/aromatic N) is 4. The Morgan fingerprint density at radius 1 is 1.21 bits per heavy atom. The number of nitrogens with one attached hydrogen (secondary N) is 1. The quantitative estimate of drug-likeness (QED) is 0.905. The van der Waals surface area contributed by atoms with Gasteiger partial charge in [-0.2, -0.15) is 0 Å². The number of para-hydroxylation sites is 2. The topological polar surface area (TPSA) is 61.4 Å². The minimum Gasteiger partial charge on any atom is -0.353 e. The average Bonchev–Trinajstić information content (AvgIpc) is 2.61. The molecule has 1 aliphatic heterocycles. The summed E-state index contributed by atoms with van der Waals surface area (Å²) >= 11 is 0. The number of fused-ring (bicyclic) bond motifs is 1. The van der Waals surface area contributed by atoms with E-state index in [0.717, 1.165) is 49.5 Å². The van der Waals surface area contributed by atoms with Gasteiger partial charge in [-0.1, -0.05) is 19.1 Å². The number of piperazine rings is 1. The number of carbonyl (C=O) groups is 1. The Bertz CT molecular complexity index is 697. The molecule has 0 saturated carbocycles. The van der Waals surface area contributed by atoms with Crippen molar-refractivity contribution >= 4 is 22.8 Å². The van der Waals surface area contributed by atoms with Crippen LogP contribution in [-0.2, 0) is 4.79 Å². The first kappa shape index (κ1) is 16.6. The van der Waals surface area contributed by atoms with Gasteiger partial charge in [-0.05, 0) is 25.5 Å². The van der Waals surface area contributed by atoms with E-state index >= 15 is 0 Å². The fourth-order valence-electron chi connectivity index (χ4n) is 2.86. The van der Waals surface area contributed by atoms with Gasteiger partial charge in [-0.25, -0.2) is 4.98 Å². The van der Waals surface area contributed by atoms with Gasteiger partial charge in [0.05, 0.1) is 23.8 Å². The summed E-state index contributed by atoms with van der Waals surface area (Å²) in [6.45, 7) is 8.04. The number of anilines is 1. The van der Waals surface area contributed by atoms with Crippen molar-refractivity contribution < 1.29 is 4.79 Å². The highest BCUT2D eigenvalue weighted by molar-refractivity contribution is 5.78. The van der Waals surface area contributed by atoms with Crippen LogP contribution in [0.1, 0.15) is 20.3 Å². The lowest BCUT2D eigenvalue weighted by Crippen LogP contribution is -2.50. The van der Waals surface area contributed by atoms with Gasteiger partial charge in [0, 0.05) is 32.2 Å². The van der Waals surface area contributed by atoms with E-state index in [4.69, 9.17) is 4.98 Å². The van der Waals surface area contributed by atoms with Gasteiger partial charge in [-0.3, -0.25) is 14.7 Å². The van der Waals surface area contributed by atoms with Crippen LogP contribution in [0.4, 0.5) is 5.82 Å². The molecule has 0 aliphatic carbocycles. The molecule has 1 unspecified atom stereocenters. The molecule has 0 spiro atoms. The second kappa shape index (κ2) is 7.57. The van der Waals surface area contributed by atoms with Crippen LogP contribution in [0.2, 0.25) is 0 Å². The van der Waals surface area contributed by atoms with E-state index in [9.17, 15) is 4.79 Å². The molecule has 1 aliphatic rings. The molecule has 6 heteroatoms. The van der Waals surface area contributed by atoms with Gasteiger partial charge >= 0.3 is 0 Å². The van der Waals surface area contributed by atoms with E-state index in [2.05, 4.69) is 27.0 Å². The Morgan fingerprint density at radius 2 is 1.92 bits per heavy atom. The van der Waals surface area contributed by atoms with Crippen molar-refractivity contribution in [1.29, 1.82) is 0 Å². The maximum Gasteiger partial charge on any atom is 0.234 e. The summed E-state index contributed by atoms with van der Waals surface area (Å²) in [5.74, 6) is 1.03. The standard InChI is InChI=1S/C18H25N5O/c1-3-14(2)20-18(24)13-22-8-10-23(11-9-22)17-12-19-15-6-4-5-7-16(15)21-17/h4-7,12,14H,3,8-11,13H2,1-2H3,(H,20,24). The Kier molecular flexibility index (Phi) is 5.25. The third-order valence-electron chi connectivity index (χ3n) is 4.52. The lowest BCUT2D eigenvalue weighted by atomic mass is 10.2. The summed E-state index contributed by atoms with van der Waals surface area (Å²) in [6.07, 6.45) is 2.80. The number of amides is 1. The molecule has 128 valence electrons. The van der Waals surface area contributed by atoms with Crippen molar-refractivity contribution in [1.82, 2.24) is 20.2 Å². The Hall–Kier alpha value is -2.21. The minimum atomic E-state index is 0.114. The zero-order valence-electron chi connectivity index (χ0n) is 14.4. The van der Waals surface area contributed by atoms with Crippen LogP contribution in [0.25, 0.3) is 11.0 Å². The maximum absolute atomic E-state index is 12.0. The molecule has 1 atom stereocenters. The first-order valence-corrected chi connectivity index (χ1v) is 8.64. The second-order valence-corrected chi connectivity index (χ2v) is 6.36. The van der Waals surface area contributed by atoms with Crippen molar-refractivity contribution in [2.45, 2.75) is 26.3 Å². The Balaban J connectivity index is 1.55.